The van der Waals surface area contributed by atoms with Gasteiger partial charge in [-0.2, -0.15) is 0 Å². The van der Waals surface area contributed by atoms with Gasteiger partial charge in [0.15, 0.2) is 0 Å². The molecular weight excluding hydrogens is 384 g/mol. The molecule has 31 heavy (non-hydrogen) atoms. The van der Waals surface area contributed by atoms with Crippen LogP contribution in [0.1, 0.15) is 13.3 Å². The van der Waals surface area contributed by atoms with Gasteiger partial charge in [0.25, 0.3) is 0 Å². The lowest BCUT2D eigenvalue weighted by molar-refractivity contribution is -0.131. The van der Waals surface area contributed by atoms with Crippen molar-refractivity contribution in [3.05, 3.63) is 146 Å². The van der Waals surface area contributed by atoms with E-state index in [1.165, 1.54) is 6.08 Å². The van der Waals surface area contributed by atoms with Crippen molar-refractivity contribution in [3.8, 4) is 0 Å². The zero-order chi connectivity index (χ0) is 22.8. The number of hydrogen-bond acceptors (Lipinski definition) is 2. The molecular formula is C28H32O3. The van der Waals surface area contributed by atoms with Gasteiger partial charge >= 0.3 is 5.97 Å². The second kappa shape index (κ2) is 22.6. The zero-order valence-electron chi connectivity index (χ0n) is 17.9. The molecule has 0 spiro atoms. The quantitative estimate of drug-likeness (QED) is 0.250. The molecule has 0 aromatic carbocycles. The third kappa shape index (κ3) is 26.3. The topological polar surface area (TPSA) is 57.5 Å². The van der Waals surface area contributed by atoms with Crippen LogP contribution >= 0.6 is 0 Å². The van der Waals surface area contributed by atoms with E-state index >= 15 is 0 Å². The lowest BCUT2D eigenvalue weighted by Crippen LogP contribution is -1.94. The molecule has 1 unspecified atom stereocenters. The molecule has 3 heteroatoms. The normalized spacial score (nSPS) is 15.4. The SMILES string of the molecule is CC(O)C/C=C/C=C/C=C/C=C/C=C/C=C/C=C/C=C/C=C/C=C/C=C/C=C/C(=O)O. The van der Waals surface area contributed by atoms with Crippen molar-refractivity contribution in [3.63, 3.8) is 0 Å². The first-order chi connectivity index (χ1) is 15.1. The van der Waals surface area contributed by atoms with Crippen LogP contribution < -0.4 is 0 Å². The Morgan fingerprint density at radius 2 is 0.806 bits per heavy atom. The van der Waals surface area contributed by atoms with Gasteiger partial charge in [-0.15, -0.1) is 0 Å². The number of aliphatic hydroxyl groups excluding tert-OH is 1. The van der Waals surface area contributed by atoms with E-state index in [9.17, 15) is 4.79 Å². The monoisotopic (exact) mass is 416 g/mol. The summed E-state index contributed by atoms with van der Waals surface area (Å²) in [6.45, 7) is 1.77. The maximum absolute atomic E-state index is 10.3. The lowest BCUT2D eigenvalue weighted by atomic mass is 10.2. The van der Waals surface area contributed by atoms with Gasteiger partial charge in [0.05, 0.1) is 6.10 Å². The van der Waals surface area contributed by atoms with Crippen molar-refractivity contribution < 1.29 is 15.0 Å². The molecule has 0 amide bonds. The summed E-state index contributed by atoms with van der Waals surface area (Å²) in [7, 11) is 0. The van der Waals surface area contributed by atoms with Crippen LogP contribution in [0.15, 0.2) is 146 Å². The molecule has 0 aromatic rings. The molecule has 0 saturated heterocycles. The molecule has 162 valence electrons. The van der Waals surface area contributed by atoms with Gasteiger partial charge in [-0.1, -0.05) is 140 Å². The first-order valence-corrected chi connectivity index (χ1v) is 10.0. The van der Waals surface area contributed by atoms with Crippen LogP contribution in [0.4, 0.5) is 0 Å². The van der Waals surface area contributed by atoms with Gasteiger partial charge in [-0.05, 0) is 13.3 Å². The van der Waals surface area contributed by atoms with Crippen molar-refractivity contribution >= 4 is 5.97 Å². The Hall–Kier alpha value is -3.69. The standard InChI is InChI=1S/C28H32O3/c1-27(29)25-23-21-19-17-15-13-11-9-7-5-3-2-4-6-8-10-12-14-16-18-20-22-24-26-28(30)31/h2-24,26-27,29H,25H2,1H3,(H,30,31)/b3-2+,6-4+,7-5+,10-8+,11-9+,14-12+,15-13+,18-16+,19-17+,22-20+,23-21+,26-24+. The highest BCUT2D eigenvalue weighted by atomic mass is 16.4. The van der Waals surface area contributed by atoms with Crippen LogP contribution in [-0.4, -0.2) is 22.3 Å². The highest BCUT2D eigenvalue weighted by Gasteiger charge is 1.86. The summed E-state index contributed by atoms with van der Waals surface area (Å²) in [6, 6.07) is 0. The highest BCUT2D eigenvalue weighted by molar-refractivity contribution is 5.80. The molecule has 0 bridgehead atoms. The van der Waals surface area contributed by atoms with E-state index < -0.39 is 5.97 Å². The Bertz CT molecular complexity index is 818. The Morgan fingerprint density at radius 3 is 1.06 bits per heavy atom. The third-order valence-corrected chi connectivity index (χ3v) is 3.19. The van der Waals surface area contributed by atoms with Crippen LogP contribution in [0.2, 0.25) is 0 Å². The molecule has 0 rings (SSSR count). The van der Waals surface area contributed by atoms with Crippen molar-refractivity contribution in [2.24, 2.45) is 0 Å². The fourth-order valence-electron chi connectivity index (χ4n) is 1.77. The Morgan fingerprint density at radius 1 is 0.548 bits per heavy atom. The predicted octanol–water partition coefficient (Wildman–Crippen LogP) is 6.52. The molecule has 0 heterocycles. The summed E-state index contributed by atoms with van der Waals surface area (Å²) >= 11 is 0. The Balaban J connectivity index is 3.96. The summed E-state index contributed by atoms with van der Waals surface area (Å²) in [6.07, 6.45) is 44.9. The number of aliphatic carboxylic acids is 1. The van der Waals surface area contributed by atoms with Crippen molar-refractivity contribution in [2.75, 3.05) is 0 Å². The van der Waals surface area contributed by atoms with E-state index in [2.05, 4.69) is 0 Å². The van der Waals surface area contributed by atoms with Gasteiger partial charge in [-0.3, -0.25) is 0 Å². The number of allylic oxidation sites excluding steroid dienone is 22. The molecule has 0 aliphatic heterocycles. The molecule has 2 N–H and O–H groups in total. The van der Waals surface area contributed by atoms with Gasteiger partial charge in [-0.25, -0.2) is 4.79 Å². The zero-order valence-corrected chi connectivity index (χ0v) is 17.9. The minimum Gasteiger partial charge on any atom is -0.478 e. The molecule has 0 saturated carbocycles. The summed E-state index contributed by atoms with van der Waals surface area (Å²) in [5.41, 5.74) is 0. The number of rotatable bonds is 14. The van der Waals surface area contributed by atoms with Crippen LogP contribution in [0, 0.1) is 0 Å². The summed E-state index contributed by atoms with van der Waals surface area (Å²) < 4.78 is 0. The van der Waals surface area contributed by atoms with Gasteiger partial charge in [0.1, 0.15) is 0 Å². The molecule has 3 nitrogen and oxygen atoms in total. The lowest BCUT2D eigenvalue weighted by Gasteiger charge is -1.93. The second-order valence-electron chi connectivity index (χ2n) is 6.06. The van der Waals surface area contributed by atoms with E-state index in [1.54, 1.807) is 19.1 Å². The first-order valence-electron chi connectivity index (χ1n) is 10.0. The molecule has 0 radical (unpaired) electrons. The first kappa shape index (κ1) is 27.3. The smallest absolute Gasteiger partial charge is 0.328 e. The van der Waals surface area contributed by atoms with E-state index in [0.29, 0.717) is 6.42 Å². The maximum Gasteiger partial charge on any atom is 0.328 e. The Kier molecular flexibility index (Phi) is 19.9. The molecule has 1 atom stereocenters. The fourth-order valence-corrected chi connectivity index (χ4v) is 1.77. The maximum atomic E-state index is 10.3. The largest absolute Gasteiger partial charge is 0.478 e. The van der Waals surface area contributed by atoms with E-state index in [-0.39, 0.29) is 6.10 Å². The van der Waals surface area contributed by atoms with E-state index in [0.717, 1.165) is 6.08 Å². The van der Waals surface area contributed by atoms with Crippen molar-refractivity contribution in [2.45, 2.75) is 19.4 Å². The molecule has 0 aliphatic rings. The fraction of sp³-hybridized carbons (Fsp3) is 0.107. The van der Waals surface area contributed by atoms with Crippen LogP contribution in [-0.2, 0) is 4.79 Å². The summed E-state index contributed by atoms with van der Waals surface area (Å²) in [4.78, 5) is 10.3. The van der Waals surface area contributed by atoms with E-state index in [4.69, 9.17) is 10.2 Å². The van der Waals surface area contributed by atoms with Crippen molar-refractivity contribution in [1.82, 2.24) is 0 Å². The minimum atomic E-state index is -0.957. The van der Waals surface area contributed by atoms with Crippen molar-refractivity contribution in [1.29, 1.82) is 0 Å². The second-order valence-corrected chi connectivity index (χ2v) is 6.06. The predicted molar refractivity (Wildman–Crippen MR) is 134 cm³/mol. The number of aliphatic hydroxyl groups is 1. The molecule has 0 aromatic heterocycles. The average molecular weight is 417 g/mol. The number of carbonyl (C=O) groups is 1. The van der Waals surface area contributed by atoms with Gasteiger partial charge < -0.3 is 10.2 Å². The third-order valence-electron chi connectivity index (χ3n) is 3.19. The Labute approximate surface area is 186 Å². The summed E-state index contributed by atoms with van der Waals surface area (Å²) in [5, 5.41) is 17.5. The van der Waals surface area contributed by atoms with Crippen LogP contribution in [0.3, 0.4) is 0 Å². The van der Waals surface area contributed by atoms with Crippen LogP contribution in [0.25, 0.3) is 0 Å². The van der Waals surface area contributed by atoms with Gasteiger partial charge in [0.2, 0.25) is 0 Å². The van der Waals surface area contributed by atoms with Gasteiger partial charge in [0, 0.05) is 6.08 Å². The van der Waals surface area contributed by atoms with E-state index in [1.807, 2.05) is 122 Å². The molecule has 0 aliphatic carbocycles. The number of carboxylic acid groups (broad SMARTS) is 1. The minimum absolute atomic E-state index is 0.293. The summed E-state index contributed by atoms with van der Waals surface area (Å²) in [5.74, 6) is -0.957. The molecule has 0 fully saturated rings. The highest BCUT2D eigenvalue weighted by Crippen LogP contribution is 1.91. The average Bonchev–Trinajstić information content (AvgIpc) is 2.73. The van der Waals surface area contributed by atoms with Crippen LogP contribution in [0.5, 0.6) is 0 Å². The number of hydrogen-bond donors (Lipinski definition) is 2. The number of carboxylic acids is 1.